The van der Waals surface area contributed by atoms with Gasteiger partial charge in [-0.05, 0) is 0 Å². The molecule has 0 aliphatic rings. The summed E-state index contributed by atoms with van der Waals surface area (Å²) in [5.74, 6) is -2.63. The molecule has 0 atom stereocenters. The minimum absolute atomic E-state index is 0.243. The Balaban J connectivity index is 3.47. The van der Waals surface area contributed by atoms with Crippen LogP contribution in [0.4, 0.5) is 5.69 Å². The van der Waals surface area contributed by atoms with Crippen LogP contribution in [0.15, 0.2) is 6.07 Å². The lowest BCUT2D eigenvalue weighted by atomic mass is 10.1. The number of phenols is 2. The lowest BCUT2D eigenvalue weighted by Crippen LogP contribution is -2.03. The number of ether oxygens (including phenoxy) is 1. The zero-order chi connectivity index (χ0) is 10.9. The Bertz CT molecular complexity index is 388. The van der Waals surface area contributed by atoms with Gasteiger partial charge in [0.05, 0.1) is 18.4 Å². The smallest absolute Gasteiger partial charge is 0.338 e. The number of carbonyl (C=O) groups is 1. The highest BCUT2D eigenvalue weighted by Crippen LogP contribution is 2.42. The Morgan fingerprint density at radius 3 is 2.50 bits per heavy atom. The largest absolute Gasteiger partial charge is 0.504 e. The van der Waals surface area contributed by atoms with E-state index in [1.54, 1.807) is 0 Å². The Hall–Kier alpha value is -2.11. The predicted molar refractivity (Wildman–Crippen MR) is 47.7 cm³/mol. The van der Waals surface area contributed by atoms with Crippen LogP contribution in [0.3, 0.4) is 0 Å². The van der Waals surface area contributed by atoms with Crippen molar-refractivity contribution in [3.05, 3.63) is 11.6 Å². The molecule has 0 amide bonds. The molecule has 1 aromatic carbocycles. The Labute approximate surface area is 79.2 Å². The van der Waals surface area contributed by atoms with Gasteiger partial charge in [0, 0.05) is 6.07 Å². The average molecular weight is 199 g/mol. The second-order valence-corrected chi connectivity index (χ2v) is 2.54. The van der Waals surface area contributed by atoms with Gasteiger partial charge in [-0.25, -0.2) is 4.79 Å². The van der Waals surface area contributed by atoms with Crippen LogP contribution >= 0.6 is 0 Å². The van der Waals surface area contributed by atoms with Crippen LogP contribution in [-0.4, -0.2) is 28.4 Å². The lowest BCUT2D eigenvalue weighted by molar-refractivity contribution is 0.0697. The molecule has 76 valence electrons. The molecule has 6 nitrogen and oxygen atoms in total. The molecule has 0 spiro atoms. The number of anilines is 1. The van der Waals surface area contributed by atoms with Gasteiger partial charge in [0.25, 0.3) is 0 Å². The first-order chi connectivity index (χ1) is 6.49. The van der Waals surface area contributed by atoms with E-state index < -0.39 is 17.5 Å². The topological polar surface area (TPSA) is 113 Å². The molecule has 0 fully saturated rings. The van der Waals surface area contributed by atoms with E-state index in [0.29, 0.717) is 0 Å². The molecular formula is C8H9NO5. The second-order valence-electron chi connectivity index (χ2n) is 2.54. The predicted octanol–water partition coefficient (Wildman–Crippen LogP) is 0.387. The van der Waals surface area contributed by atoms with Gasteiger partial charge >= 0.3 is 5.97 Å². The highest BCUT2D eigenvalue weighted by atomic mass is 16.5. The maximum Gasteiger partial charge on any atom is 0.338 e. The SMILES string of the molecule is COc1c(O)cc(C(=O)O)c(N)c1O. The molecule has 0 aliphatic heterocycles. The van der Waals surface area contributed by atoms with Gasteiger partial charge < -0.3 is 25.8 Å². The number of carboxylic acids is 1. The molecule has 0 saturated carbocycles. The first-order valence-electron chi connectivity index (χ1n) is 3.60. The molecule has 5 N–H and O–H groups in total. The summed E-state index contributed by atoms with van der Waals surface area (Å²) in [7, 11) is 1.22. The van der Waals surface area contributed by atoms with Crippen LogP contribution < -0.4 is 10.5 Å². The molecule has 0 radical (unpaired) electrons. The van der Waals surface area contributed by atoms with Gasteiger partial charge in [-0.2, -0.15) is 0 Å². The van der Waals surface area contributed by atoms with E-state index in [9.17, 15) is 15.0 Å². The molecule has 0 aliphatic carbocycles. The molecule has 0 bridgehead atoms. The third kappa shape index (κ3) is 1.37. The number of nitrogen functional groups attached to an aromatic ring is 1. The maximum absolute atomic E-state index is 10.6. The number of aromatic hydroxyl groups is 2. The number of phenolic OH excluding ortho intramolecular Hbond substituents is 2. The van der Waals surface area contributed by atoms with Crippen LogP contribution in [0.2, 0.25) is 0 Å². The van der Waals surface area contributed by atoms with E-state index in [4.69, 9.17) is 10.8 Å². The number of benzene rings is 1. The normalized spacial score (nSPS) is 9.79. The summed E-state index contributed by atoms with van der Waals surface area (Å²) in [4.78, 5) is 10.6. The van der Waals surface area contributed by atoms with Gasteiger partial charge in [-0.3, -0.25) is 0 Å². The van der Waals surface area contributed by atoms with Gasteiger partial charge in [0.15, 0.2) is 11.5 Å². The zero-order valence-corrected chi connectivity index (χ0v) is 7.31. The van der Waals surface area contributed by atoms with E-state index >= 15 is 0 Å². The van der Waals surface area contributed by atoms with E-state index in [-0.39, 0.29) is 17.0 Å². The van der Waals surface area contributed by atoms with Crippen molar-refractivity contribution >= 4 is 11.7 Å². The van der Waals surface area contributed by atoms with Crippen LogP contribution in [0, 0.1) is 0 Å². The van der Waals surface area contributed by atoms with E-state index in [1.165, 1.54) is 7.11 Å². The highest BCUT2D eigenvalue weighted by molar-refractivity contribution is 5.96. The molecule has 0 unspecified atom stereocenters. The van der Waals surface area contributed by atoms with Crippen molar-refractivity contribution < 1.29 is 24.9 Å². The lowest BCUT2D eigenvalue weighted by Gasteiger charge is -2.09. The fourth-order valence-electron chi connectivity index (χ4n) is 1.03. The molecule has 1 rings (SSSR count). The fraction of sp³-hybridized carbons (Fsp3) is 0.125. The first-order valence-corrected chi connectivity index (χ1v) is 3.60. The second kappa shape index (κ2) is 3.33. The van der Waals surface area contributed by atoms with Gasteiger partial charge in [-0.1, -0.05) is 0 Å². The third-order valence-electron chi connectivity index (χ3n) is 1.71. The summed E-state index contributed by atoms with van der Waals surface area (Å²) in [5.41, 5.74) is 4.59. The minimum atomic E-state index is -1.34. The molecular weight excluding hydrogens is 190 g/mol. The summed E-state index contributed by atoms with van der Waals surface area (Å²) < 4.78 is 4.62. The van der Waals surface area contributed by atoms with Crippen LogP contribution in [0.5, 0.6) is 17.2 Å². The van der Waals surface area contributed by atoms with E-state index in [1.807, 2.05) is 0 Å². The molecule has 6 heteroatoms. The number of rotatable bonds is 2. The first kappa shape index (κ1) is 9.97. The number of carboxylic acid groups (broad SMARTS) is 1. The van der Waals surface area contributed by atoms with Crippen molar-refractivity contribution in [2.75, 3.05) is 12.8 Å². The summed E-state index contributed by atoms with van der Waals surface area (Å²) >= 11 is 0. The Kier molecular flexibility index (Phi) is 2.37. The molecule has 1 aromatic rings. The van der Waals surface area contributed by atoms with Crippen LogP contribution in [-0.2, 0) is 0 Å². The maximum atomic E-state index is 10.6. The van der Waals surface area contributed by atoms with Crippen molar-refractivity contribution in [3.8, 4) is 17.2 Å². The third-order valence-corrected chi connectivity index (χ3v) is 1.71. The number of methoxy groups -OCH3 is 1. The summed E-state index contributed by atoms with van der Waals surface area (Å²) in [6, 6.07) is 0.913. The van der Waals surface area contributed by atoms with E-state index in [2.05, 4.69) is 4.74 Å². The van der Waals surface area contributed by atoms with Gasteiger partial charge in [-0.15, -0.1) is 0 Å². The van der Waals surface area contributed by atoms with Gasteiger partial charge in [0.2, 0.25) is 5.75 Å². The van der Waals surface area contributed by atoms with E-state index in [0.717, 1.165) is 6.07 Å². The van der Waals surface area contributed by atoms with Crippen LogP contribution in [0.1, 0.15) is 10.4 Å². The van der Waals surface area contributed by atoms with Crippen molar-refractivity contribution in [2.45, 2.75) is 0 Å². The monoisotopic (exact) mass is 199 g/mol. The highest BCUT2D eigenvalue weighted by Gasteiger charge is 2.19. The number of hydrogen-bond acceptors (Lipinski definition) is 5. The Morgan fingerprint density at radius 2 is 2.07 bits per heavy atom. The zero-order valence-electron chi connectivity index (χ0n) is 7.31. The fourth-order valence-corrected chi connectivity index (χ4v) is 1.03. The number of hydrogen-bond donors (Lipinski definition) is 4. The number of nitrogens with two attached hydrogens (primary N) is 1. The number of aromatic carboxylic acids is 1. The van der Waals surface area contributed by atoms with Crippen molar-refractivity contribution in [1.82, 2.24) is 0 Å². The molecule has 14 heavy (non-hydrogen) atoms. The summed E-state index contributed by atoms with van der Waals surface area (Å²) in [6.45, 7) is 0. The molecule has 0 saturated heterocycles. The van der Waals surface area contributed by atoms with Gasteiger partial charge in [0.1, 0.15) is 0 Å². The average Bonchev–Trinajstić information content (AvgIpc) is 2.12. The summed E-state index contributed by atoms with van der Waals surface area (Å²) in [5, 5.41) is 27.2. The van der Waals surface area contributed by atoms with Crippen molar-refractivity contribution in [2.24, 2.45) is 0 Å². The molecule has 0 heterocycles. The molecule has 0 aromatic heterocycles. The minimum Gasteiger partial charge on any atom is -0.504 e. The van der Waals surface area contributed by atoms with Crippen LogP contribution in [0.25, 0.3) is 0 Å². The summed E-state index contributed by atoms with van der Waals surface area (Å²) in [6.07, 6.45) is 0. The Morgan fingerprint density at radius 1 is 1.50 bits per heavy atom. The standard InChI is InChI=1S/C8H9NO5/c1-14-7-4(10)2-3(8(12)13)5(9)6(7)11/h2,10-11H,9H2,1H3,(H,12,13). The quantitative estimate of drug-likeness (QED) is 0.311. The van der Waals surface area contributed by atoms with Crippen molar-refractivity contribution in [3.63, 3.8) is 0 Å². The van der Waals surface area contributed by atoms with Crippen molar-refractivity contribution in [1.29, 1.82) is 0 Å².